The van der Waals surface area contributed by atoms with Crippen LogP contribution in [0.3, 0.4) is 0 Å². The maximum atomic E-state index is 10.6. The van der Waals surface area contributed by atoms with Crippen molar-refractivity contribution in [2.75, 3.05) is 0 Å². The fourth-order valence-corrected chi connectivity index (χ4v) is 2.17. The molecule has 2 aromatic heterocycles. The summed E-state index contributed by atoms with van der Waals surface area (Å²) in [6, 6.07) is 9.13. The van der Waals surface area contributed by atoms with Gasteiger partial charge in [0.05, 0.1) is 4.88 Å². The van der Waals surface area contributed by atoms with E-state index in [1.165, 1.54) is 0 Å². The van der Waals surface area contributed by atoms with Gasteiger partial charge in [-0.2, -0.15) is 0 Å². The number of benzene rings is 1. The molecule has 0 fully saturated rings. The van der Waals surface area contributed by atoms with Crippen molar-refractivity contribution in [3.63, 3.8) is 0 Å². The molecule has 0 atom stereocenters. The second-order valence-electron chi connectivity index (χ2n) is 3.34. The summed E-state index contributed by atoms with van der Waals surface area (Å²) in [5, 5.41) is 1.97. The molecule has 3 rings (SSSR count). The zero-order chi connectivity index (χ0) is 11.0. The van der Waals surface area contributed by atoms with Gasteiger partial charge in [-0.1, -0.05) is 6.07 Å². The molecule has 0 saturated carbocycles. The molecule has 1 aromatic carbocycles. The summed E-state index contributed by atoms with van der Waals surface area (Å²) in [7, 11) is 0. The summed E-state index contributed by atoms with van der Waals surface area (Å²) < 4.78 is 5.60. The Kier molecular flexibility index (Phi) is 2.08. The van der Waals surface area contributed by atoms with Gasteiger partial charge in [0.2, 0.25) is 5.89 Å². The first-order valence-corrected chi connectivity index (χ1v) is 5.64. The summed E-state index contributed by atoms with van der Waals surface area (Å²) >= 11 is 1.58. The number of oxazole rings is 1. The first-order valence-electron chi connectivity index (χ1n) is 4.76. The predicted molar refractivity (Wildman–Crippen MR) is 62.7 cm³/mol. The molecule has 3 aromatic rings. The molecule has 0 amide bonds. The van der Waals surface area contributed by atoms with Crippen LogP contribution in [0.1, 0.15) is 10.4 Å². The Morgan fingerprint density at radius 3 is 3.00 bits per heavy atom. The Labute approximate surface area is 95.4 Å². The third kappa shape index (κ3) is 1.44. The molecular formula is C12H7NO2S. The number of rotatable bonds is 2. The molecule has 0 saturated heterocycles. The third-order valence-corrected chi connectivity index (χ3v) is 3.14. The molecular weight excluding hydrogens is 222 g/mol. The molecule has 0 unspecified atom stereocenters. The molecule has 0 spiro atoms. The molecule has 4 heteroatoms. The Morgan fingerprint density at radius 1 is 1.31 bits per heavy atom. The number of aldehydes is 1. The van der Waals surface area contributed by atoms with Crippen LogP contribution in [-0.2, 0) is 0 Å². The highest BCUT2D eigenvalue weighted by molar-refractivity contribution is 7.13. The van der Waals surface area contributed by atoms with Gasteiger partial charge in [0.1, 0.15) is 11.8 Å². The third-order valence-electron chi connectivity index (χ3n) is 2.28. The van der Waals surface area contributed by atoms with E-state index >= 15 is 0 Å². The summed E-state index contributed by atoms with van der Waals surface area (Å²) in [5.74, 6) is 0.605. The predicted octanol–water partition coefficient (Wildman–Crippen LogP) is 3.37. The maximum absolute atomic E-state index is 10.6. The number of aromatic nitrogens is 1. The van der Waals surface area contributed by atoms with Gasteiger partial charge in [-0.25, -0.2) is 4.98 Å². The van der Waals surface area contributed by atoms with Gasteiger partial charge in [0.25, 0.3) is 0 Å². The number of carbonyl (C=O) groups is 1. The van der Waals surface area contributed by atoms with Gasteiger partial charge < -0.3 is 4.42 Å². The Hall–Kier alpha value is -1.94. The number of fused-ring (bicyclic) bond motifs is 1. The van der Waals surface area contributed by atoms with Gasteiger partial charge in [0, 0.05) is 5.56 Å². The van der Waals surface area contributed by atoms with Crippen molar-refractivity contribution in [3.05, 3.63) is 41.3 Å². The van der Waals surface area contributed by atoms with Crippen LogP contribution in [0.4, 0.5) is 0 Å². The van der Waals surface area contributed by atoms with Crippen LogP contribution < -0.4 is 0 Å². The highest BCUT2D eigenvalue weighted by Crippen LogP contribution is 2.27. The van der Waals surface area contributed by atoms with Crippen molar-refractivity contribution in [3.8, 4) is 10.8 Å². The molecule has 0 N–H and O–H groups in total. The number of hydrogen-bond acceptors (Lipinski definition) is 4. The minimum Gasteiger partial charge on any atom is -0.435 e. The molecule has 0 aliphatic heterocycles. The Balaban J connectivity index is 2.19. The summed E-state index contributed by atoms with van der Waals surface area (Å²) in [6.45, 7) is 0. The first kappa shape index (κ1) is 9.30. The average molecular weight is 229 g/mol. The molecule has 16 heavy (non-hydrogen) atoms. The summed E-state index contributed by atoms with van der Waals surface area (Å²) in [5.41, 5.74) is 2.02. The van der Waals surface area contributed by atoms with Crippen LogP contribution in [0, 0.1) is 0 Å². The molecule has 0 aliphatic rings. The lowest BCUT2D eigenvalue weighted by Gasteiger charge is -1.87. The van der Waals surface area contributed by atoms with E-state index in [0.717, 1.165) is 16.7 Å². The van der Waals surface area contributed by atoms with Crippen molar-refractivity contribution in [2.24, 2.45) is 0 Å². The number of hydrogen-bond donors (Lipinski definition) is 0. The lowest BCUT2D eigenvalue weighted by atomic mass is 10.2. The average Bonchev–Trinajstić information content (AvgIpc) is 2.96. The zero-order valence-corrected chi connectivity index (χ0v) is 9.03. The Morgan fingerprint density at radius 2 is 2.25 bits per heavy atom. The molecule has 0 aliphatic carbocycles. The molecule has 3 nitrogen and oxygen atoms in total. The monoisotopic (exact) mass is 229 g/mol. The maximum Gasteiger partial charge on any atom is 0.237 e. The van der Waals surface area contributed by atoms with E-state index in [1.54, 1.807) is 29.5 Å². The van der Waals surface area contributed by atoms with Gasteiger partial charge in [-0.15, -0.1) is 11.3 Å². The van der Waals surface area contributed by atoms with E-state index in [-0.39, 0.29) is 0 Å². The van der Waals surface area contributed by atoms with E-state index in [4.69, 9.17) is 4.42 Å². The number of nitrogens with zero attached hydrogens (tertiary/aromatic N) is 1. The normalized spacial score (nSPS) is 10.8. The molecule has 2 heterocycles. The standard InChI is InChI=1S/C12H7NO2S/c14-7-8-3-4-9-10(6-8)15-12(13-9)11-2-1-5-16-11/h1-7H. The second kappa shape index (κ2) is 3.57. The quantitative estimate of drug-likeness (QED) is 0.633. The van der Waals surface area contributed by atoms with E-state index in [0.29, 0.717) is 17.0 Å². The van der Waals surface area contributed by atoms with Crippen molar-refractivity contribution >= 4 is 28.7 Å². The first-order chi connectivity index (χ1) is 7.86. The highest BCUT2D eigenvalue weighted by Gasteiger charge is 2.08. The SMILES string of the molecule is O=Cc1ccc2nc(-c3cccs3)oc2c1. The summed E-state index contributed by atoms with van der Waals surface area (Å²) in [4.78, 5) is 16.0. The minimum atomic E-state index is 0.598. The molecule has 0 bridgehead atoms. The van der Waals surface area contributed by atoms with E-state index in [2.05, 4.69) is 4.98 Å². The minimum absolute atomic E-state index is 0.598. The second-order valence-corrected chi connectivity index (χ2v) is 4.29. The fraction of sp³-hybridized carbons (Fsp3) is 0. The van der Waals surface area contributed by atoms with Gasteiger partial charge in [-0.05, 0) is 29.6 Å². The van der Waals surface area contributed by atoms with E-state index < -0.39 is 0 Å². The van der Waals surface area contributed by atoms with Crippen LogP contribution >= 0.6 is 11.3 Å². The van der Waals surface area contributed by atoms with Gasteiger partial charge >= 0.3 is 0 Å². The zero-order valence-electron chi connectivity index (χ0n) is 8.21. The van der Waals surface area contributed by atoms with E-state index in [1.807, 2.05) is 17.5 Å². The van der Waals surface area contributed by atoms with E-state index in [9.17, 15) is 4.79 Å². The van der Waals surface area contributed by atoms with Crippen LogP contribution in [0.15, 0.2) is 40.1 Å². The number of carbonyl (C=O) groups excluding carboxylic acids is 1. The van der Waals surface area contributed by atoms with Gasteiger partial charge in [-0.3, -0.25) is 4.79 Å². The lowest BCUT2D eigenvalue weighted by Crippen LogP contribution is -1.76. The topological polar surface area (TPSA) is 43.1 Å². The smallest absolute Gasteiger partial charge is 0.237 e. The van der Waals surface area contributed by atoms with Crippen LogP contribution in [-0.4, -0.2) is 11.3 Å². The summed E-state index contributed by atoms with van der Waals surface area (Å²) in [6.07, 6.45) is 0.798. The Bertz CT molecular complexity index is 640. The largest absolute Gasteiger partial charge is 0.435 e. The molecule has 78 valence electrons. The van der Waals surface area contributed by atoms with Crippen molar-refractivity contribution < 1.29 is 9.21 Å². The van der Waals surface area contributed by atoms with Crippen molar-refractivity contribution in [1.82, 2.24) is 4.98 Å². The van der Waals surface area contributed by atoms with Crippen LogP contribution in [0.2, 0.25) is 0 Å². The van der Waals surface area contributed by atoms with Crippen molar-refractivity contribution in [1.29, 1.82) is 0 Å². The lowest BCUT2D eigenvalue weighted by molar-refractivity contribution is 0.112. The van der Waals surface area contributed by atoms with Crippen molar-refractivity contribution in [2.45, 2.75) is 0 Å². The highest BCUT2D eigenvalue weighted by atomic mass is 32.1. The van der Waals surface area contributed by atoms with Crippen LogP contribution in [0.25, 0.3) is 21.9 Å². The molecule has 0 radical (unpaired) electrons. The van der Waals surface area contributed by atoms with Gasteiger partial charge in [0.15, 0.2) is 5.58 Å². The fourth-order valence-electron chi connectivity index (χ4n) is 1.52. The number of thiophene rings is 1. The van der Waals surface area contributed by atoms with Crippen LogP contribution in [0.5, 0.6) is 0 Å².